The van der Waals surface area contributed by atoms with E-state index in [0.29, 0.717) is 19.3 Å². The van der Waals surface area contributed by atoms with Crippen molar-refractivity contribution in [3.8, 4) is 0 Å². The first-order chi connectivity index (χ1) is 13.9. The first-order valence-corrected chi connectivity index (χ1v) is 8.77. The molecule has 0 aliphatic rings. The molecule has 29 heavy (non-hydrogen) atoms. The van der Waals surface area contributed by atoms with E-state index in [1.165, 1.54) is 24.3 Å². The van der Waals surface area contributed by atoms with Crippen LogP contribution in [0.3, 0.4) is 0 Å². The lowest BCUT2D eigenvalue weighted by Gasteiger charge is -2.14. The van der Waals surface area contributed by atoms with Crippen LogP contribution in [-0.2, 0) is 6.42 Å². The lowest BCUT2D eigenvalue weighted by molar-refractivity contribution is 0.0686. The fourth-order valence-electron chi connectivity index (χ4n) is 3.23. The molecule has 0 aliphatic heterocycles. The smallest absolute Gasteiger partial charge is 0.336 e. The molecule has 0 aromatic heterocycles. The van der Waals surface area contributed by atoms with Crippen molar-refractivity contribution in [1.82, 2.24) is 5.32 Å². The van der Waals surface area contributed by atoms with Gasteiger partial charge in [0.05, 0.1) is 11.1 Å². The van der Waals surface area contributed by atoms with E-state index in [1.807, 2.05) is 30.3 Å². The summed E-state index contributed by atoms with van der Waals surface area (Å²) in [7, 11) is 0. The molecule has 0 unspecified atom stereocenters. The number of rotatable bonds is 7. The van der Waals surface area contributed by atoms with Gasteiger partial charge in [-0.2, -0.15) is 0 Å². The predicted molar refractivity (Wildman–Crippen MR) is 106 cm³/mol. The van der Waals surface area contributed by atoms with E-state index in [9.17, 15) is 29.4 Å². The molecule has 0 spiro atoms. The van der Waals surface area contributed by atoms with Gasteiger partial charge in [-0.05, 0) is 30.2 Å². The third-order valence-electron chi connectivity index (χ3n) is 4.57. The molecule has 3 rings (SSSR count). The highest BCUT2D eigenvalue weighted by Gasteiger charge is 2.23. The van der Waals surface area contributed by atoms with E-state index >= 15 is 0 Å². The van der Waals surface area contributed by atoms with Crippen molar-refractivity contribution in [2.75, 3.05) is 6.54 Å². The minimum atomic E-state index is -1.33. The second-order valence-electron chi connectivity index (χ2n) is 6.33. The molecule has 146 valence electrons. The first kappa shape index (κ1) is 19.8. The minimum Gasteiger partial charge on any atom is -0.478 e. The van der Waals surface area contributed by atoms with Crippen molar-refractivity contribution >= 4 is 34.9 Å². The van der Waals surface area contributed by atoms with E-state index in [4.69, 9.17) is 0 Å². The Balaban J connectivity index is 2.06. The third kappa shape index (κ3) is 3.98. The maximum absolute atomic E-state index is 12.8. The van der Waals surface area contributed by atoms with Gasteiger partial charge in [-0.15, -0.1) is 0 Å². The highest BCUT2D eigenvalue weighted by molar-refractivity contribution is 6.21. The molecule has 3 aromatic rings. The van der Waals surface area contributed by atoms with Gasteiger partial charge in [-0.3, -0.25) is 9.59 Å². The standard InChI is InChI=1S/C22H17NO6/c24-12-14-6-7-17(22(28)29)19-15(8-9-16(18(14)19)21(26)27)20(25)23-11-10-13-4-2-1-3-5-13/h1-9,12H,10-11H2,(H,23,25)(H,26,27)(H,28,29). The van der Waals surface area contributed by atoms with Gasteiger partial charge in [0.15, 0.2) is 6.29 Å². The van der Waals surface area contributed by atoms with Gasteiger partial charge < -0.3 is 15.5 Å². The van der Waals surface area contributed by atoms with Gasteiger partial charge in [0.1, 0.15) is 0 Å². The Morgan fingerprint density at radius 1 is 0.793 bits per heavy atom. The Kier molecular flexibility index (Phi) is 5.69. The number of carboxylic acid groups (broad SMARTS) is 2. The summed E-state index contributed by atoms with van der Waals surface area (Å²) in [4.78, 5) is 47.5. The minimum absolute atomic E-state index is 0.000776. The number of aromatic carboxylic acids is 2. The van der Waals surface area contributed by atoms with Crippen LogP contribution in [0.15, 0.2) is 54.6 Å². The number of carbonyl (C=O) groups excluding carboxylic acids is 2. The fraction of sp³-hybridized carbons (Fsp3) is 0.0909. The van der Waals surface area contributed by atoms with Gasteiger partial charge in [-0.25, -0.2) is 9.59 Å². The number of carboxylic acids is 2. The second-order valence-corrected chi connectivity index (χ2v) is 6.33. The number of nitrogens with one attached hydrogen (secondary N) is 1. The zero-order valence-corrected chi connectivity index (χ0v) is 15.2. The summed E-state index contributed by atoms with van der Waals surface area (Å²) in [5.74, 6) is -3.20. The fourth-order valence-corrected chi connectivity index (χ4v) is 3.23. The van der Waals surface area contributed by atoms with Crippen molar-refractivity contribution in [2.24, 2.45) is 0 Å². The number of benzene rings is 3. The van der Waals surface area contributed by atoms with Crippen molar-refractivity contribution in [1.29, 1.82) is 0 Å². The quantitative estimate of drug-likeness (QED) is 0.533. The molecule has 1 amide bonds. The monoisotopic (exact) mass is 391 g/mol. The van der Waals surface area contributed by atoms with Crippen LogP contribution in [-0.4, -0.2) is 40.9 Å². The summed E-state index contributed by atoms with van der Waals surface area (Å²) in [6, 6.07) is 14.4. The zero-order chi connectivity index (χ0) is 21.0. The first-order valence-electron chi connectivity index (χ1n) is 8.77. The van der Waals surface area contributed by atoms with Crippen LogP contribution in [0.5, 0.6) is 0 Å². The SMILES string of the molecule is O=Cc1ccc(C(=O)O)c2c(C(=O)NCCc3ccccc3)ccc(C(=O)O)c12. The predicted octanol–water partition coefficient (Wildman–Crippen LogP) is 3.02. The Morgan fingerprint density at radius 3 is 2.00 bits per heavy atom. The normalized spacial score (nSPS) is 10.5. The Labute approximate surface area is 165 Å². The van der Waals surface area contributed by atoms with E-state index in [-0.39, 0.29) is 33.0 Å². The van der Waals surface area contributed by atoms with Gasteiger partial charge in [-0.1, -0.05) is 36.4 Å². The molecule has 0 bridgehead atoms. The number of hydrogen-bond acceptors (Lipinski definition) is 4. The number of aldehydes is 1. The largest absolute Gasteiger partial charge is 0.478 e. The third-order valence-corrected chi connectivity index (χ3v) is 4.57. The molecule has 7 nitrogen and oxygen atoms in total. The Bertz CT molecular complexity index is 1120. The summed E-state index contributed by atoms with van der Waals surface area (Å²) in [6.07, 6.45) is 1.01. The summed E-state index contributed by atoms with van der Waals surface area (Å²) in [5.41, 5.74) is 0.529. The van der Waals surface area contributed by atoms with Crippen molar-refractivity contribution in [3.05, 3.63) is 82.4 Å². The van der Waals surface area contributed by atoms with E-state index in [0.717, 1.165) is 5.56 Å². The van der Waals surface area contributed by atoms with Crippen LogP contribution in [0.2, 0.25) is 0 Å². The van der Waals surface area contributed by atoms with E-state index < -0.39 is 17.8 Å². The molecule has 7 heteroatoms. The molecule has 0 saturated heterocycles. The lowest BCUT2D eigenvalue weighted by atomic mass is 9.91. The van der Waals surface area contributed by atoms with Crippen LogP contribution in [0.4, 0.5) is 0 Å². The summed E-state index contributed by atoms with van der Waals surface area (Å²) in [6.45, 7) is 0.306. The summed E-state index contributed by atoms with van der Waals surface area (Å²) >= 11 is 0. The van der Waals surface area contributed by atoms with Crippen LogP contribution in [0.1, 0.15) is 47.0 Å². The summed E-state index contributed by atoms with van der Waals surface area (Å²) in [5, 5.41) is 21.6. The van der Waals surface area contributed by atoms with Crippen molar-refractivity contribution in [3.63, 3.8) is 0 Å². The Morgan fingerprint density at radius 2 is 1.38 bits per heavy atom. The van der Waals surface area contributed by atoms with Crippen molar-refractivity contribution in [2.45, 2.75) is 6.42 Å². The van der Waals surface area contributed by atoms with E-state index in [1.54, 1.807) is 0 Å². The highest BCUT2D eigenvalue weighted by atomic mass is 16.4. The van der Waals surface area contributed by atoms with Gasteiger partial charge in [0, 0.05) is 28.4 Å². The highest BCUT2D eigenvalue weighted by Crippen LogP contribution is 2.29. The van der Waals surface area contributed by atoms with Crippen molar-refractivity contribution < 1.29 is 29.4 Å². The maximum Gasteiger partial charge on any atom is 0.336 e. The average Bonchev–Trinajstić information content (AvgIpc) is 2.72. The number of amides is 1. The average molecular weight is 391 g/mol. The summed E-state index contributed by atoms with van der Waals surface area (Å²) < 4.78 is 0. The maximum atomic E-state index is 12.8. The molecular weight excluding hydrogens is 374 g/mol. The zero-order valence-electron chi connectivity index (χ0n) is 15.2. The number of hydrogen-bond donors (Lipinski definition) is 3. The molecule has 0 atom stereocenters. The molecule has 3 N–H and O–H groups in total. The number of fused-ring (bicyclic) bond motifs is 1. The van der Waals surface area contributed by atoms with Gasteiger partial charge in [0.25, 0.3) is 5.91 Å². The van der Waals surface area contributed by atoms with Gasteiger partial charge in [0.2, 0.25) is 0 Å². The topological polar surface area (TPSA) is 121 Å². The second kappa shape index (κ2) is 8.35. The van der Waals surface area contributed by atoms with E-state index in [2.05, 4.69) is 5.32 Å². The molecule has 0 aliphatic carbocycles. The van der Waals surface area contributed by atoms with Crippen LogP contribution < -0.4 is 5.32 Å². The molecule has 0 fully saturated rings. The van der Waals surface area contributed by atoms with Gasteiger partial charge >= 0.3 is 11.9 Å². The molecule has 0 heterocycles. The number of carbonyl (C=O) groups is 4. The Hall–Kier alpha value is -4.00. The van der Waals surface area contributed by atoms with Crippen LogP contribution in [0, 0.1) is 0 Å². The lowest BCUT2D eigenvalue weighted by Crippen LogP contribution is -2.26. The molecule has 0 saturated carbocycles. The van der Waals surface area contributed by atoms with Crippen LogP contribution in [0.25, 0.3) is 10.8 Å². The molecular formula is C22H17NO6. The molecule has 3 aromatic carbocycles. The van der Waals surface area contributed by atoms with Crippen LogP contribution >= 0.6 is 0 Å². The molecule has 0 radical (unpaired) electrons.